The van der Waals surface area contributed by atoms with E-state index in [9.17, 15) is 4.79 Å². The van der Waals surface area contributed by atoms with Gasteiger partial charge in [-0.05, 0) is 25.2 Å². The van der Waals surface area contributed by atoms with Crippen LogP contribution >= 0.6 is 0 Å². The fraction of sp³-hybridized carbons (Fsp3) is 0.923. The molecule has 0 aromatic heterocycles. The van der Waals surface area contributed by atoms with E-state index in [1.54, 1.807) is 0 Å². The van der Waals surface area contributed by atoms with E-state index in [-0.39, 0.29) is 11.8 Å². The van der Waals surface area contributed by atoms with Crippen molar-refractivity contribution in [1.82, 2.24) is 5.32 Å². The predicted molar refractivity (Wildman–Crippen MR) is 67.0 cm³/mol. The Morgan fingerprint density at radius 3 is 2.69 bits per heavy atom. The zero-order chi connectivity index (χ0) is 12.0. The minimum absolute atomic E-state index is 0.0131. The molecule has 16 heavy (non-hydrogen) atoms. The van der Waals surface area contributed by atoms with Crippen molar-refractivity contribution in [2.75, 3.05) is 6.54 Å². The number of nitrogens with two attached hydrogens (primary N) is 1. The highest BCUT2D eigenvalue weighted by atomic mass is 16.1. The first kappa shape index (κ1) is 13.5. The monoisotopic (exact) mass is 226 g/mol. The molecular formula is C13H26N2O. The fourth-order valence-corrected chi connectivity index (χ4v) is 2.54. The normalized spacial score (nSPS) is 27.4. The molecule has 0 heterocycles. The van der Waals surface area contributed by atoms with Crippen LogP contribution in [0.5, 0.6) is 0 Å². The average Bonchev–Trinajstić information content (AvgIpc) is 2.29. The molecule has 94 valence electrons. The molecule has 0 aromatic rings. The van der Waals surface area contributed by atoms with E-state index in [0.717, 1.165) is 19.3 Å². The molecule has 3 heteroatoms. The molecule has 0 aromatic carbocycles. The van der Waals surface area contributed by atoms with Crippen LogP contribution in [-0.2, 0) is 4.79 Å². The second-order valence-corrected chi connectivity index (χ2v) is 5.10. The molecule has 0 aliphatic heterocycles. The molecule has 1 saturated carbocycles. The number of carbonyl (C=O) groups is 1. The van der Waals surface area contributed by atoms with E-state index in [2.05, 4.69) is 19.2 Å². The second-order valence-electron chi connectivity index (χ2n) is 5.10. The summed E-state index contributed by atoms with van der Waals surface area (Å²) in [6, 6.07) is 0.382. The van der Waals surface area contributed by atoms with Crippen LogP contribution in [0, 0.1) is 11.8 Å². The maximum absolute atomic E-state index is 12.0. The maximum Gasteiger partial charge on any atom is 0.224 e. The number of carbonyl (C=O) groups excluding carboxylic acids is 1. The topological polar surface area (TPSA) is 55.1 Å². The van der Waals surface area contributed by atoms with Crippen molar-refractivity contribution in [3.63, 3.8) is 0 Å². The van der Waals surface area contributed by atoms with Crippen LogP contribution in [0.1, 0.15) is 52.4 Å². The summed E-state index contributed by atoms with van der Waals surface area (Å²) in [5.74, 6) is 0.806. The van der Waals surface area contributed by atoms with Crippen molar-refractivity contribution in [1.29, 1.82) is 0 Å². The summed E-state index contributed by atoms with van der Waals surface area (Å²) < 4.78 is 0. The Labute approximate surface area is 99.2 Å². The van der Waals surface area contributed by atoms with Crippen molar-refractivity contribution in [2.45, 2.75) is 58.4 Å². The fourth-order valence-electron chi connectivity index (χ4n) is 2.54. The molecule has 3 N–H and O–H groups in total. The SMILES string of the molecule is CCCC(CN)C(=O)NC1CCCCC1C. The van der Waals surface area contributed by atoms with Gasteiger partial charge < -0.3 is 11.1 Å². The summed E-state index contributed by atoms with van der Waals surface area (Å²) in [5, 5.41) is 3.19. The van der Waals surface area contributed by atoms with Gasteiger partial charge in [0, 0.05) is 12.6 Å². The Balaban J connectivity index is 2.41. The van der Waals surface area contributed by atoms with Gasteiger partial charge in [-0.1, -0.05) is 33.1 Å². The van der Waals surface area contributed by atoms with E-state index in [0.29, 0.717) is 18.5 Å². The predicted octanol–water partition coefficient (Wildman–Crippen LogP) is 2.06. The Morgan fingerprint density at radius 2 is 2.12 bits per heavy atom. The third-order valence-corrected chi connectivity index (χ3v) is 3.73. The number of amides is 1. The summed E-state index contributed by atoms with van der Waals surface area (Å²) in [4.78, 5) is 12.0. The molecule has 1 rings (SSSR count). The van der Waals surface area contributed by atoms with Crippen molar-refractivity contribution < 1.29 is 4.79 Å². The van der Waals surface area contributed by atoms with Gasteiger partial charge in [-0.25, -0.2) is 0 Å². The first-order valence-electron chi connectivity index (χ1n) is 6.69. The molecule has 3 nitrogen and oxygen atoms in total. The van der Waals surface area contributed by atoms with Gasteiger partial charge in [0.05, 0.1) is 5.92 Å². The largest absolute Gasteiger partial charge is 0.353 e. The van der Waals surface area contributed by atoms with Crippen molar-refractivity contribution >= 4 is 5.91 Å². The van der Waals surface area contributed by atoms with Crippen LogP contribution in [0.2, 0.25) is 0 Å². The summed E-state index contributed by atoms with van der Waals surface area (Å²) in [5.41, 5.74) is 5.64. The van der Waals surface area contributed by atoms with Gasteiger partial charge in [0.15, 0.2) is 0 Å². The molecule has 1 aliphatic rings. The quantitative estimate of drug-likeness (QED) is 0.754. The van der Waals surface area contributed by atoms with Gasteiger partial charge in [-0.3, -0.25) is 4.79 Å². The van der Waals surface area contributed by atoms with E-state index in [1.165, 1.54) is 19.3 Å². The van der Waals surface area contributed by atoms with Crippen LogP contribution in [0.25, 0.3) is 0 Å². The van der Waals surface area contributed by atoms with Gasteiger partial charge in [0.2, 0.25) is 5.91 Å². The van der Waals surface area contributed by atoms with E-state index in [4.69, 9.17) is 5.73 Å². The number of hydrogen-bond acceptors (Lipinski definition) is 2. The van der Waals surface area contributed by atoms with Crippen LogP contribution in [-0.4, -0.2) is 18.5 Å². The Kier molecular flexibility index (Phi) is 5.81. The van der Waals surface area contributed by atoms with E-state index >= 15 is 0 Å². The first-order chi connectivity index (χ1) is 7.69. The third kappa shape index (κ3) is 3.78. The lowest BCUT2D eigenvalue weighted by Crippen LogP contribution is -2.45. The average molecular weight is 226 g/mol. The van der Waals surface area contributed by atoms with Gasteiger partial charge in [-0.15, -0.1) is 0 Å². The molecule has 0 spiro atoms. The molecule has 3 atom stereocenters. The zero-order valence-corrected chi connectivity index (χ0v) is 10.7. The molecule has 0 saturated heterocycles. The highest BCUT2D eigenvalue weighted by Gasteiger charge is 2.25. The molecule has 1 amide bonds. The molecule has 1 aliphatic carbocycles. The third-order valence-electron chi connectivity index (χ3n) is 3.73. The lowest BCUT2D eigenvalue weighted by atomic mass is 9.85. The lowest BCUT2D eigenvalue weighted by molar-refractivity contribution is -0.126. The smallest absolute Gasteiger partial charge is 0.224 e. The molecule has 0 radical (unpaired) electrons. The number of hydrogen-bond donors (Lipinski definition) is 2. The van der Waals surface area contributed by atoms with Gasteiger partial charge in [-0.2, -0.15) is 0 Å². The van der Waals surface area contributed by atoms with Gasteiger partial charge in [0.25, 0.3) is 0 Å². The van der Waals surface area contributed by atoms with E-state index < -0.39 is 0 Å². The first-order valence-corrected chi connectivity index (χ1v) is 6.69. The summed E-state index contributed by atoms with van der Waals surface area (Å²) in [6.07, 6.45) is 6.86. The Morgan fingerprint density at radius 1 is 1.44 bits per heavy atom. The maximum atomic E-state index is 12.0. The lowest BCUT2D eigenvalue weighted by Gasteiger charge is -2.30. The number of nitrogens with one attached hydrogen (secondary N) is 1. The minimum Gasteiger partial charge on any atom is -0.353 e. The van der Waals surface area contributed by atoms with Crippen LogP contribution in [0.3, 0.4) is 0 Å². The Hall–Kier alpha value is -0.570. The summed E-state index contributed by atoms with van der Waals surface area (Å²) in [7, 11) is 0. The molecular weight excluding hydrogens is 200 g/mol. The standard InChI is InChI=1S/C13H26N2O/c1-3-6-11(9-14)13(16)15-12-8-5-4-7-10(12)2/h10-12H,3-9,14H2,1-2H3,(H,15,16). The van der Waals surface area contributed by atoms with Crippen LogP contribution in [0.4, 0.5) is 0 Å². The van der Waals surface area contributed by atoms with Gasteiger partial charge >= 0.3 is 0 Å². The highest BCUT2D eigenvalue weighted by Crippen LogP contribution is 2.24. The molecule has 0 bridgehead atoms. The molecule has 1 fully saturated rings. The summed E-state index contributed by atoms with van der Waals surface area (Å²) in [6.45, 7) is 4.81. The van der Waals surface area contributed by atoms with Crippen LogP contribution in [0.15, 0.2) is 0 Å². The minimum atomic E-state index is 0.0131. The molecule has 3 unspecified atom stereocenters. The van der Waals surface area contributed by atoms with Crippen molar-refractivity contribution in [2.24, 2.45) is 17.6 Å². The van der Waals surface area contributed by atoms with Crippen LogP contribution < -0.4 is 11.1 Å². The zero-order valence-electron chi connectivity index (χ0n) is 10.7. The second kappa shape index (κ2) is 6.89. The van der Waals surface area contributed by atoms with E-state index in [1.807, 2.05) is 0 Å². The van der Waals surface area contributed by atoms with Crippen molar-refractivity contribution in [3.8, 4) is 0 Å². The van der Waals surface area contributed by atoms with Crippen molar-refractivity contribution in [3.05, 3.63) is 0 Å². The highest BCUT2D eigenvalue weighted by molar-refractivity contribution is 5.79. The Bertz CT molecular complexity index is 218. The van der Waals surface area contributed by atoms with Gasteiger partial charge in [0.1, 0.15) is 0 Å². The summed E-state index contributed by atoms with van der Waals surface area (Å²) >= 11 is 0. The number of rotatable bonds is 5.